The molecule has 35 heavy (non-hydrogen) atoms. The number of hydrogen-bond donors (Lipinski definition) is 1. The van der Waals surface area contributed by atoms with Gasteiger partial charge in [0.25, 0.3) is 5.91 Å². The van der Waals surface area contributed by atoms with Crippen LogP contribution >= 0.6 is 27.5 Å². The van der Waals surface area contributed by atoms with Gasteiger partial charge in [0, 0.05) is 34.7 Å². The zero-order valence-electron chi connectivity index (χ0n) is 19.4. The van der Waals surface area contributed by atoms with Crippen LogP contribution in [0.1, 0.15) is 53.7 Å². The predicted molar refractivity (Wildman–Crippen MR) is 133 cm³/mol. The van der Waals surface area contributed by atoms with Crippen LogP contribution in [0.2, 0.25) is 5.02 Å². The van der Waals surface area contributed by atoms with E-state index in [0.717, 1.165) is 25.5 Å². The molecular weight excluding hydrogens is 569 g/mol. The molecule has 1 amide bonds. The molecule has 2 aromatic carbocycles. The smallest absolute Gasteiger partial charge is 0.348 e. The quantitative estimate of drug-likeness (QED) is 0.422. The van der Waals surface area contributed by atoms with Crippen molar-refractivity contribution in [2.45, 2.75) is 50.9 Å². The standard InChI is InChI=1S/C24H27BrClF3N2O3S/c1-3-35(33,34)22-7-6-18(26)9-17(22)12-30-23(32)16-10-20(24(27,28)29)19(21(25)11-16)14-31-8-4-5-15(2)13-31/h6-7,9-11,15H,3-5,8,12-14H2,1-2H3,(H,30,32). The van der Waals surface area contributed by atoms with Crippen LogP contribution in [0.3, 0.4) is 0 Å². The van der Waals surface area contributed by atoms with E-state index in [2.05, 4.69) is 28.2 Å². The van der Waals surface area contributed by atoms with E-state index < -0.39 is 27.5 Å². The van der Waals surface area contributed by atoms with Crippen LogP contribution in [-0.2, 0) is 29.1 Å². The molecule has 1 aliphatic rings. The van der Waals surface area contributed by atoms with Crippen LogP contribution in [0.4, 0.5) is 13.2 Å². The lowest BCUT2D eigenvalue weighted by atomic mass is 9.98. The highest BCUT2D eigenvalue weighted by atomic mass is 79.9. The highest BCUT2D eigenvalue weighted by Gasteiger charge is 2.36. The number of carbonyl (C=O) groups is 1. The van der Waals surface area contributed by atoms with Crippen molar-refractivity contribution in [1.29, 1.82) is 0 Å². The molecule has 11 heteroatoms. The highest BCUT2D eigenvalue weighted by molar-refractivity contribution is 9.10. The van der Waals surface area contributed by atoms with Gasteiger partial charge in [-0.3, -0.25) is 9.69 Å². The zero-order valence-corrected chi connectivity index (χ0v) is 22.5. The lowest BCUT2D eigenvalue weighted by Crippen LogP contribution is -2.34. The molecule has 5 nitrogen and oxygen atoms in total. The minimum atomic E-state index is -4.65. The van der Waals surface area contributed by atoms with Gasteiger partial charge >= 0.3 is 6.18 Å². The van der Waals surface area contributed by atoms with Gasteiger partial charge in [-0.2, -0.15) is 13.2 Å². The van der Waals surface area contributed by atoms with Crippen molar-refractivity contribution in [3.8, 4) is 0 Å². The third-order valence-electron chi connectivity index (χ3n) is 6.06. The first-order valence-electron chi connectivity index (χ1n) is 11.2. The molecule has 1 unspecified atom stereocenters. The van der Waals surface area contributed by atoms with E-state index in [1.807, 2.05) is 4.90 Å². The Hall–Kier alpha value is -1.62. The van der Waals surface area contributed by atoms with Crippen LogP contribution < -0.4 is 5.32 Å². The fourth-order valence-corrected chi connectivity index (χ4v) is 6.16. The first-order valence-corrected chi connectivity index (χ1v) is 14.1. The number of amides is 1. The second-order valence-corrected chi connectivity index (χ2v) is 12.3. The Labute approximate surface area is 217 Å². The maximum absolute atomic E-state index is 14.0. The minimum Gasteiger partial charge on any atom is -0.348 e. The van der Waals surface area contributed by atoms with Crippen LogP contribution in [0, 0.1) is 5.92 Å². The predicted octanol–water partition coefficient (Wildman–Crippen LogP) is 6.08. The number of nitrogens with one attached hydrogen (secondary N) is 1. The van der Waals surface area contributed by atoms with Gasteiger partial charge in [0.05, 0.1) is 16.2 Å². The van der Waals surface area contributed by atoms with Gasteiger partial charge in [0.2, 0.25) is 0 Å². The minimum absolute atomic E-state index is 0.0213. The van der Waals surface area contributed by atoms with Crippen molar-refractivity contribution in [2.75, 3.05) is 18.8 Å². The molecule has 0 spiro atoms. The summed E-state index contributed by atoms with van der Waals surface area (Å²) in [6.45, 7) is 4.93. The van der Waals surface area contributed by atoms with Crippen LogP contribution in [0.15, 0.2) is 39.7 Å². The lowest BCUT2D eigenvalue weighted by molar-refractivity contribution is -0.138. The van der Waals surface area contributed by atoms with Crippen molar-refractivity contribution in [3.05, 3.63) is 62.1 Å². The molecule has 0 bridgehead atoms. The number of halogens is 5. The molecule has 2 aromatic rings. The lowest BCUT2D eigenvalue weighted by Gasteiger charge is -2.32. The molecule has 192 valence electrons. The number of hydrogen-bond acceptors (Lipinski definition) is 4. The zero-order chi connectivity index (χ0) is 26.0. The van der Waals surface area contributed by atoms with E-state index in [1.165, 1.54) is 31.2 Å². The van der Waals surface area contributed by atoms with Crippen LogP contribution in [0.25, 0.3) is 0 Å². The van der Waals surface area contributed by atoms with Crippen LogP contribution in [-0.4, -0.2) is 38.1 Å². The molecule has 1 saturated heterocycles. The van der Waals surface area contributed by atoms with Crippen molar-refractivity contribution in [2.24, 2.45) is 5.92 Å². The van der Waals surface area contributed by atoms with E-state index in [-0.39, 0.29) is 49.9 Å². The summed E-state index contributed by atoms with van der Waals surface area (Å²) in [5, 5.41) is 2.81. The molecule has 1 heterocycles. The van der Waals surface area contributed by atoms with Gasteiger partial charge in [-0.1, -0.05) is 41.4 Å². The number of likely N-dealkylation sites (tertiary alicyclic amines) is 1. The Balaban J connectivity index is 1.87. The summed E-state index contributed by atoms with van der Waals surface area (Å²) < 4.78 is 66.9. The van der Waals surface area contributed by atoms with Gasteiger partial charge in [0.1, 0.15) is 0 Å². The molecule has 1 N–H and O–H groups in total. The molecule has 0 aliphatic carbocycles. The second kappa shape index (κ2) is 11.2. The van der Waals surface area contributed by atoms with E-state index in [9.17, 15) is 26.4 Å². The van der Waals surface area contributed by atoms with Gasteiger partial charge in [-0.15, -0.1) is 0 Å². The van der Waals surface area contributed by atoms with Crippen molar-refractivity contribution in [1.82, 2.24) is 10.2 Å². The number of benzene rings is 2. The average Bonchev–Trinajstić information content (AvgIpc) is 2.77. The van der Waals surface area contributed by atoms with Crippen molar-refractivity contribution >= 4 is 43.3 Å². The van der Waals surface area contributed by atoms with Gasteiger partial charge in [-0.25, -0.2) is 8.42 Å². The first-order chi connectivity index (χ1) is 16.3. The number of sulfone groups is 1. The number of rotatable bonds is 7. The molecule has 0 radical (unpaired) electrons. The van der Waals surface area contributed by atoms with Gasteiger partial charge in [-0.05, 0) is 66.8 Å². The molecule has 1 aliphatic heterocycles. The largest absolute Gasteiger partial charge is 0.416 e. The Bertz CT molecular complexity index is 1210. The van der Waals surface area contributed by atoms with E-state index in [0.29, 0.717) is 12.5 Å². The summed E-state index contributed by atoms with van der Waals surface area (Å²) in [4.78, 5) is 14.8. The topological polar surface area (TPSA) is 66.5 Å². The summed E-state index contributed by atoms with van der Waals surface area (Å²) in [6, 6.07) is 6.44. The Morgan fingerprint density at radius 3 is 2.60 bits per heavy atom. The number of piperidine rings is 1. The summed E-state index contributed by atoms with van der Waals surface area (Å²) in [7, 11) is -3.59. The normalized spacial score (nSPS) is 17.4. The second-order valence-electron chi connectivity index (χ2n) is 8.80. The molecule has 3 rings (SSSR count). The molecule has 1 fully saturated rings. The summed E-state index contributed by atoms with van der Waals surface area (Å²) in [6.07, 6.45) is -2.67. The average molecular weight is 596 g/mol. The number of carbonyl (C=O) groups excluding carboxylic acids is 1. The fourth-order valence-electron chi connectivity index (χ4n) is 4.26. The highest BCUT2D eigenvalue weighted by Crippen LogP contribution is 2.37. The molecule has 0 saturated carbocycles. The van der Waals surface area contributed by atoms with E-state index in [1.54, 1.807) is 0 Å². The van der Waals surface area contributed by atoms with Crippen LogP contribution in [0.5, 0.6) is 0 Å². The summed E-state index contributed by atoms with van der Waals surface area (Å²) in [5.41, 5.74) is -0.692. The van der Waals surface area contributed by atoms with Gasteiger partial charge in [0.15, 0.2) is 9.84 Å². The summed E-state index contributed by atoms with van der Waals surface area (Å²) in [5.74, 6) is -0.488. The summed E-state index contributed by atoms with van der Waals surface area (Å²) >= 11 is 9.25. The first kappa shape index (κ1) is 28.0. The Kier molecular flexibility index (Phi) is 8.94. The molecule has 1 atom stereocenters. The Morgan fingerprint density at radius 2 is 1.97 bits per heavy atom. The SMILES string of the molecule is CCS(=O)(=O)c1ccc(Cl)cc1CNC(=O)c1cc(Br)c(CN2CCCC(C)C2)c(C(F)(F)F)c1. The third kappa shape index (κ3) is 6.99. The van der Waals surface area contributed by atoms with E-state index in [4.69, 9.17) is 11.6 Å². The van der Waals surface area contributed by atoms with Gasteiger partial charge < -0.3 is 5.32 Å². The van der Waals surface area contributed by atoms with Crippen molar-refractivity contribution in [3.63, 3.8) is 0 Å². The third-order valence-corrected chi connectivity index (χ3v) is 8.83. The number of nitrogens with zero attached hydrogens (tertiary/aromatic N) is 1. The van der Waals surface area contributed by atoms with Crippen molar-refractivity contribution < 1.29 is 26.4 Å². The maximum atomic E-state index is 14.0. The fraction of sp³-hybridized carbons (Fsp3) is 0.458. The monoisotopic (exact) mass is 594 g/mol. The van der Waals surface area contributed by atoms with E-state index >= 15 is 0 Å². The number of alkyl halides is 3. The molecule has 0 aromatic heterocycles. The molecular formula is C24H27BrClF3N2O3S. The Morgan fingerprint density at radius 1 is 1.26 bits per heavy atom. The maximum Gasteiger partial charge on any atom is 0.416 e.